The number of benzene rings is 1. The van der Waals surface area contributed by atoms with Gasteiger partial charge in [-0.05, 0) is 42.7 Å². The van der Waals surface area contributed by atoms with Crippen molar-refractivity contribution in [1.82, 2.24) is 14.5 Å². The van der Waals surface area contributed by atoms with Gasteiger partial charge in [0.2, 0.25) is 0 Å². The first-order valence-electron chi connectivity index (χ1n) is 7.52. The molecule has 2 heterocycles. The van der Waals surface area contributed by atoms with E-state index in [1.54, 1.807) is 17.0 Å². The normalized spacial score (nSPS) is 14.8. The SMILES string of the molecule is O=c1oc2ccccc2n1CN(Cc1ccncc1)C1CC1. The largest absolute Gasteiger partial charge is 0.421 e. The van der Waals surface area contributed by atoms with Crippen LogP contribution in [0.2, 0.25) is 0 Å². The lowest BCUT2D eigenvalue weighted by Crippen LogP contribution is -2.31. The first kappa shape index (κ1) is 13.3. The summed E-state index contributed by atoms with van der Waals surface area (Å²) in [5.41, 5.74) is 2.71. The molecule has 0 saturated heterocycles. The van der Waals surface area contributed by atoms with Crippen LogP contribution in [-0.4, -0.2) is 20.5 Å². The summed E-state index contributed by atoms with van der Waals surface area (Å²) < 4.78 is 7.04. The Kier molecular flexibility index (Phi) is 3.27. The fraction of sp³-hybridized carbons (Fsp3) is 0.294. The van der Waals surface area contributed by atoms with Gasteiger partial charge in [0.15, 0.2) is 5.58 Å². The fourth-order valence-corrected chi connectivity index (χ4v) is 2.79. The average molecular weight is 295 g/mol. The van der Waals surface area contributed by atoms with Crippen LogP contribution in [0.1, 0.15) is 18.4 Å². The second-order valence-corrected chi connectivity index (χ2v) is 5.74. The lowest BCUT2D eigenvalue weighted by atomic mass is 10.2. The van der Waals surface area contributed by atoms with E-state index in [0.717, 1.165) is 12.1 Å². The van der Waals surface area contributed by atoms with Crippen LogP contribution in [0.15, 0.2) is 58.0 Å². The van der Waals surface area contributed by atoms with Crippen molar-refractivity contribution in [3.05, 3.63) is 64.9 Å². The molecule has 1 saturated carbocycles. The van der Waals surface area contributed by atoms with Gasteiger partial charge < -0.3 is 4.42 Å². The molecule has 1 aromatic carbocycles. The Morgan fingerprint density at radius 3 is 2.73 bits per heavy atom. The number of hydrogen-bond donors (Lipinski definition) is 0. The number of fused-ring (bicyclic) bond motifs is 1. The molecular weight excluding hydrogens is 278 g/mol. The summed E-state index contributed by atoms with van der Waals surface area (Å²) in [6.45, 7) is 1.38. The van der Waals surface area contributed by atoms with Crippen LogP contribution in [0, 0.1) is 0 Å². The summed E-state index contributed by atoms with van der Waals surface area (Å²) in [6.07, 6.45) is 5.99. The molecule has 0 N–H and O–H groups in total. The van der Waals surface area contributed by atoms with E-state index in [4.69, 9.17) is 4.42 Å². The van der Waals surface area contributed by atoms with E-state index in [-0.39, 0.29) is 5.76 Å². The maximum Gasteiger partial charge on any atom is 0.421 e. The Morgan fingerprint density at radius 2 is 1.95 bits per heavy atom. The molecule has 0 atom stereocenters. The van der Waals surface area contributed by atoms with Gasteiger partial charge in [0, 0.05) is 25.0 Å². The van der Waals surface area contributed by atoms with Gasteiger partial charge in [-0.15, -0.1) is 0 Å². The molecular formula is C17H17N3O2. The molecule has 5 nitrogen and oxygen atoms in total. The van der Waals surface area contributed by atoms with Crippen molar-refractivity contribution >= 4 is 11.1 Å². The van der Waals surface area contributed by atoms with Gasteiger partial charge >= 0.3 is 5.76 Å². The molecule has 3 aromatic rings. The monoisotopic (exact) mass is 295 g/mol. The van der Waals surface area contributed by atoms with Gasteiger partial charge in [-0.25, -0.2) is 4.79 Å². The van der Waals surface area contributed by atoms with E-state index < -0.39 is 0 Å². The Bertz CT molecular complexity index is 834. The van der Waals surface area contributed by atoms with Crippen molar-refractivity contribution in [2.24, 2.45) is 0 Å². The van der Waals surface area contributed by atoms with E-state index in [1.165, 1.54) is 18.4 Å². The molecule has 1 aliphatic rings. The van der Waals surface area contributed by atoms with Crippen molar-refractivity contribution in [3.8, 4) is 0 Å². The lowest BCUT2D eigenvalue weighted by molar-refractivity contribution is 0.195. The van der Waals surface area contributed by atoms with Crippen LogP contribution in [0.25, 0.3) is 11.1 Å². The van der Waals surface area contributed by atoms with Crippen LogP contribution >= 0.6 is 0 Å². The lowest BCUT2D eigenvalue weighted by Gasteiger charge is -2.22. The Morgan fingerprint density at radius 1 is 1.18 bits per heavy atom. The van der Waals surface area contributed by atoms with E-state index >= 15 is 0 Å². The molecule has 22 heavy (non-hydrogen) atoms. The Labute approximate surface area is 127 Å². The number of nitrogens with zero attached hydrogens (tertiary/aromatic N) is 3. The highest BCUT2D eigenvalue weighted by molar-refractivity contribution is 5.72. The van der Waals surface area contributed by atoms with E-state index in [1.807, 2.05) is 36.4 Å². The predicted molar refractivity (Wildman–Crippen MR) is 83.3 cm³/mol. The first-order chi connectivity index (χ1) is 10.8. The smallest absolute Gasteiger partial charge is 0.408 e. The van der Waals surface area contributed by atoms with Gasteiger partial charge in [0.05, 0.1) is 12.2 Å². The molecule has 5 heteroatoms. The minimum Gasteiger partial charge on any atom is -0.408 e. The van der Waals surface area contributed by atoms with Crippen LogP contribution < -0.4 is 5.76 Å². The van der Waals surface area contributed by atoms with Crippen LogP contribution in [0.4, 0.5) is 0 Å². The first-order valence-corrected chi connectivity index (χ1v) is 7.52. The van der Waals surface area contributed by atoms with Gasteiger partial charge in [0.25, 0.3) is 0 Å². The van der Waals surface area contributed by atoms with Crippen molar-refractivity contribution in [2.45, 2.75) is 32.1 Å². The van der Waals surface area contributed by atoms with E-state index in [2.05, 4.69) is 9.88 Å². The van der Waals surface area contributed by atoms with Gasteiger partial charge in [0.1, 0.15) is 0 Å². The van der Waals surface area contributed by atoms with E-state index in [9.17, 15) is 4.79 Å². The molecule has 2 aromatic heterocycles. The van der Waals surface area contributed by atoms with Crippen molar-refractivity contribution in [1.29, 1.82) is 0 Å². The zero-order valence-corrected chi connectivity index (χ0v) is 12.2. The zero-order chi connectivity index (χ0) is 14.9. The Hall–Kier alpha value is -2.40. The summed E-state index contributed by atoms with van der Waals surface area (Å²) in [6, 6.07) is 12.2. The molecule has 1 aliphatic carbocycles. The molecule has 0 radical (unpaired) electrons. The van der Waals surface area contributed by atoms with Crippen molar-refractivity contribution in [3.63, 3.8) is 0 Å². The molecule has 1 fully saturated rings. The average Bonchev–Trinajstić information content (AvgIpc) is 3.33. The van der Waals surface area contributed by atoms with Gasteiger partial charge in [-0.1, -0.05) is 12.1 Å². The van der Waals surface area contributed by atoms with Crippen LogP contribution in [0.3, 0.4) is 0 Å². The van der Waals surface area contributed by atoms with Gasteiger partial charge in [-0.3, -0.25) is 14.5 Å². The number of hydrogen-bond acceptors (Lipinski definition) is 4. The fourth-order valence-electron chi connectivity index (χ4n) is 2.79. The number of pyridine rings is 1. The maximum atomic E-state index is 12.1. The highest BCUT2D eigenvalue weighted by atomic mass is 16.4. The summed E-state index contributed by atoms with van der Waals surface area (Å²) in [5, 5.41) is 0. The molecule has 112 valence electrons. The molecule has 0 bridgehead atoms. The second-order valence-electron chi connectivity index (χ2n) is 5.74. The highest BCUT2D eigenvalue weighted by Gasteiger charge is 2.30. The molecule has 0 unspecified atom stereocenters. The van der Waals surface area contributed by atoms with Crippen molar-refractivity contribution in [2.75, 3.05) is 0 Å². The molecule has 0 aliphatic heterocycles. The van der Waals surface area contributed by atoms with Crippen molar-refractivity contribution < 1.29 is 4.42 Å². The third-order valence-electron chi connectivity index (χ3n) is 4.10. The standard InChI is InChI=1S/C17H17N3O2/c21-17-20(15-3-1-2-4-16(15)22-17)12-19(14-5-6-14)11-13-7-9-18-10-8-13/h1-4,7-10,14H,5-6,11-12H2. The summed E-state index contributed by atoms with van der Waals surface area (Å²) in [5.74, 6) is -0.290. The topological polar surface area (TPSA) is 51.3 Å². The second kappa shape index (κ2) is 5.42. The van der Waals surface area contributed by atoms with Crippen LogP contribution in [-0.2, 0) is 13.2 Å². The number of para-hydroxylation sites is 2. The summed E-state index contributed by atoms with van der Waals surface area (Å²) >= 11 is 0. The minimum atomic E-state index is -0.290. The highest BCUT2D eigenvalue weighted by Crippen LogP contribution is 2.29. The number of rotatable bonds is 5. The minimum absolute atomic E-state index is 0.290. The van der Waals surface area contributed by atoms with Gasteiger partial charge in [-0.2, -0.15) is 0 Å². The quantitative estimate of drug-likeness (QED) is 0.726. The molecule has 0 spiro atoms. The number of aromatic nitrogens is 2. The van der Waals surface area contributed by atoms with Crippen LogP contribution in [0.5, 0.6) is 0 Å². The summed E-state index contributed by atoms with van der Waals surface area (Å²) in [4.78, 5) is 18.5. The van der Waals surface area contributed by atoms with E-state index in [0.29, 0.717) is 18.3 Å². The maximum absolute atomic E-state index is 12.1. The summed E-state index contributed by atoms with van der Waals surface area (Å²) in [7, 11) is 0. The Balaban J connectivity index is 1.64. The zero-order valence-electron chi connectivity index (χ0n) is 12.2. The molecule has 0 amide bonds. The predicted octanol–water partition coefficient (Wildman–Crippen LogP) is 2.61. The molecule has 4 rings (SSSR count). The third-order valence-corrected chi connectivity index (χ3v) is 4.10. The number of oxazole rings is 1. The third kappa shape index (κ3) is 2.55.